The fraction of sp³-hybridized carbons (Fsp3) is 0.417. The van der Waals surface area contributed by atoms with Crippen LogP contribution >= 0.6 is 0 Å². The van der Waals surface area contributed by atoms with Gasteiger partial charge in [0.25, 0.3) is 10.0 Å². The van der Waals surface area contributed by atoms with E-state index in [1.165, 1.54) is 6.07 Å². The molecule has 0 aliphatic heterocycles. The molecule has 0 radical (unpaired) electrons. The third kappa shape index (κ3) is 1.94. The average Bonchev–Trinajstić information content (AvgIpc) is 2.79. The van der Waals surface area contributed by atoms with Crippen LogP contribution in [0.1, 0.15) is 25.3 Å². The van der Waals surface area contributed by atoms with Gasteiger partial charge in [0.15, 0.2) is 5.03 Å². The van der Waals surface area contributed by atoms with E-state index in [-0.39, 0.29) is 22.3 Å². The minimum absolute atomic E-state index is 0.0551. The van der Waals surface area contributed by atoms with Gasteiger partial charge in [0.05, 0.1) is 0 Å². The maximum absolute atomic E-state index is 11.1. The Balaban J connectivity index is 2.31. The predicted octanol–water partition coefficient (Wildman–Crippen LogP) is 1.10. The third-order valence-corrected chi connectivity index (χ3v) is 4.24. The summed E-state index contributed by atoms with van der Waals surface area (Å²) >= 11 is 0. The van der Waals surface area contributed by atoms with Gasteiger partial charge in [-0.3, -0.25) is 0 Å². The topological polar surface area (TPSA) is 73.1 Å². The van der Waals surface area contributed by atoms with Gasteiger partial charge in [0.1, 0.15) is 0 Å². The number of hydrogen-bond donors (Lipinski definition) is 1. The van der Waals surface area contributed by atoms with Crippen molar-refractivity contribution in [2.75, 3.05) is 0 Å². The van der Waals surface area contributed by atoms with Gasteiger partial charge in [0.2, 0.25) is 0 Å². The molecular weight excluding hydrogens is 236 g/mol. The van der Waals surface area contributed by atoms with E-state index in [1.54, 1.807) is 12.3 Å². The van der Waals surface area contributed by atoms with Crippen molar-refractivity contribution in [2.24, 2.45) is 16.5 Å². The molecule has 1 aromatic heterocycles. The first-order valence-electron chi connectivity index (χ1n) is 5.23. The number of terminal acetylenes is 1. The maximum atomic E-state index is 11.1. The van der Waals surface area contributed by atoms with Crippen LogP contribution in [0.5, 0.6) is 0 Å². The van der Waals surface area contributed by atoms with Gasteiger partial charge in [-0.1, -0.05) is 19.9 Å². The van der Waals surface area contributed by atoms with Gasteiger partial charge < -0.3 is 0 Å². The lowest BCUT2D eigenvalue weighted by atomic mass is 10.1. The van der Waals surface area contributed by atoms with E-state index in [2.05, 4.69) is 24.8 Å². The summed E-state index contributed by atoms with van der Waals surface area (Å²) < 4.78 is 22.1. The van der Waals surface area contributed by atoms with E-state index in [0.29, 0.717) is 0 Å². The molecule has 5 heteroatoms. The first-order valence-corrected chi connectivity index (χ1v) is 6.78. The third-order valence-electron chi connectivity index (χ3n) is 3.42. The summed E-state index contributed by atoms with van der Waals surface area (Å²) in [5.41, 5.74) is 1.02. The largest absolute Gasteiger partial charge is 0.255 e. The lowest BCUT2D eigenvalue weighted by molar-refractivity contribution is 0.592. The molecule has 1 aliphatic rings. The maximum Gasteiger partial charge on any atom is 0.255 e. The number of pyridine rings is 1. The molecule has 90 valence electrons. The van der Waals surface area contributed by atoms with Crippen molar-refractivity contribution in [1.29, 1.82) is 0 Å². The van der Waals surface area contributed by atoms with Crippen molar-refractivity contribution >= 4 is 10.0 Å². The van der Waals surface area contributed by atoms with E-state index >= 15 is 0 Å². The molecule has 2 unspecified atom stereocenters. The van der Waals surface area contributed by atoms with Gasteiger partial charge in [-0.2, -0.15) is 0 Å². The zero-order chi connectivity index (χ0) is 12.8. The molecule has 4 nitrogen and oxygen atoms in total. The monoisotopic (exact) mass is 250 g/mol. The van der Waals surface area contributed by atoms with Gasteiger partial charge in [-0.15, -0.1) is 12.3 Å². The highest BCUT2D eigenvalue weighted by Gasteiger charge is 2.57. The molecule has 2 N–H and O–H groups in total. The van der Waals surface area contributed by atoms with Crippen LogP contribution in [0.15, 0.2) is 23.4 Å². The predicted molar refractivity (Wildman–Crippen MR) is 64.5 cm³/mol. The van der Waals surface area contributed by atoms with Crippen LogP contribution in [-0.4, -0.2) is 13.4 Å². The summed E-state index contributed by atoms with van der Waals surface area (Å²) in [5, 5.41) is 4.87. The van der Waals surface area contributed by atoms with Crippen molar-refractivity contribution in [3.63, 3.8) is 0 Å². The molecule has 2 rings (SSSR count). The number of hydrogen-bond acceptors (Lipinski definition) is 3. The van der Waals surface area contributed by atoms with Crippen molar-refractivity contribution in [3.8, 4) is 12.3 Å². The molecule has 0 bridgehead atoms. The molecule has 1 heterocycles. The Kier molecular flexibility index (Phi) is 2.53. The summed E-state index contributed by atoms with van der Waals surface area (Å²) in [6.45, 7) is 4.19. The van der Waals surface area contributed by atoms with Gasteiger partial charge in [-0.25, -0.2) is 18.5 Å². The Bertz CT molecular complexity index is 582. The zero-order valence-electron chi connectivity index (χ0n) is 9.71. The molecular formula is C12H14N2O2S. The van der Waals surface area contributed by atoms with Crippen LogP contribution in [0, 0.1) is 23.7 Å². The minimum atomic E-state index is -3.72. The minimum Gasteiger partial charge on any atom is -0.243 e. The highest BCUT2D eigenvalue weighted by Crippen LogP contribution is 2.63. The van der Waals surface area contributed by atoms with E-state index in [4.69, 9.17) is 11.6 Å². The summed E-state index contributed by atoms with van der Waals surface area (Å²) in [6, 6.07) is 3.16. The number of aromatic nitrogens is 1. The fourth-order valence-corrected chi connectivity index (χ4v) is 2.77. The van der Waals surface area contributed by atoms with Gasteiger partial charge in [0, 0.05) is 18.0 Å². The van der Waals surface area contributed by atoms with Crippen molar-refractivity contribution in [3.05, 3.63) is 23.9 Å². The Labute approximate surface area is 101 Å². The van der Waals surface area contributed by atoms with Crippen molar-refractivity contribution < 1.29 is 8.42 Å². The molecule has 17 heavy (non-hydrogen) atoms. The van der Waals surface area contributed by atoms with E-state index < -0.39 is 10.0 Å². The van der Waals surface area contributed by atoms with Crippen molar-refractivity contribution in [2.45, 2.75) is 24.8 Å². The fourth-order valence-electron chi connectivity index (χ4n) is 2.31. The number of sulfonamides is 1. The molecule has 0 aromatic carbocycles. The first kappa shape index (κ1) is 12.1. The Morgan fingerprint density at radius 1 is 1.47 bits per heavy atom. The lowest BCUT2D eigenvalue weighted by Crippen LogP contribution is -2.13. The van der Waals surface area contributed by atoms with E-state index in [1.807, 2.05) is 0 Å². The average molecular weight is 250 g/mol. The van der Waals surface area contributed by atoms with Gasteiger partial charge >= 0.3 is 0 Å². The van der Waals surface area contributed by atoms with Crippen LogP contribution in [-0.2, 0) is 10.0 Å². The number of nitrogens with zero attached hydrogens (tertiary/aromatic N) is 1. The Morgan fingerprint density at radius 2 is 2.12 bits per heavy atom. The number of nitrogens with two attached hydrogens (primary N) is 1. The highest BCUT2D eigenvalue weighted by molar-refractivity contribution is 7.89. The smallest absolute Gasteiger partial charge is 0.243 e. The number of primary sulfonamides is 1. The molecule has 0 spiro atoms. The van der Waals surface area contributed by atoms with E-state index in [0.717, 1.165) is 5.56 Å². The summed E-state index contributed by atoms with van der Waals surface area (Å²) in [6.07, 6.45) is 7.00. The Hall–Kier alpha value is -1.38. The van der Waals surface area contributed by atoms with Crippen LogP contribution in [0.2, 0.25) is 0 Å². The Morgan fingerprint density at radius 3 is 2.47 bits per heavy atom. The second kappa shape index (κ2) is 3.56. The zero-order valence-corrected chi connectivity index (χ0v) is 10.5. The van der Waals surface area contributed by atoms with Crippen LogP contribution in [0.4, 0.5) is 0 Å². The molecule has 0 saturated heterocycles. The highest BCUT2D eigenvalue weighted by atomic mass is 32.2. The van der Waals surface area contributed by atoms with E-state index in [9.17, 15) is 8.42 Å². The second-order valence-corrected chi connectivity index (χ2v) is 6.43. The molecule has 0 amide bonds. The van der Waals surface area contributed by atoms with Crippen LogP contribution in [0.3, 0.4) is 0 Å². The summed E-state index contributed by atoms with van der Waals surface area (Å²) in [7, 11) is -3.72. The molecule has 1 saturated carbocycles. The summed E-state index contributed by atoms with van der Waals surface area (Å²) in [5.74, 6) is 3.18. The standard InChI is InChI=1S/C12H14N2O2S/c1-4-9-11(12(9,2)3)8-5-6-10(14-7-8)17(13,15)16/h1,5-7,9,11H,2-3H3,(H2,13,15,16). The molecule has 1 aromatic rings. The van der Waals surface area contributed by atoms with Crippen molar-refractivity contribution in [1.82, 2.24) is 4.98 Å². The molecule has 1 aliphatic carbocycles. The summed E-state index contributed by atoms with van der Waals surface area (Å²) in [4.78, 5) is 3.86. The van der Waals surface area contributed by atoms with Crippen LogP contribution < -0.4 is 5.14 Å². The quantitative estimate of drug-likeness (QED) is 0.799. The van der Waals surface area contributed by atoms with Crippen LogP contribution in [0.25, 0.3) is 0 Å². The number of rotatable bonds is 2. The molecule has 1 fully saturated rings. The first-order chi connectivity index (χ1) is 7.78. The van der Waals surface area contributed by atoms with Gasteiger partial charge in [-0.05, 0) is 17.0 Å². The normalized spacial score (nSPS) is 26.2. The SMILES string of the molecule is C#CC1C(c2ccc(S(N)(=O)=O)nc2)C1(C)C. The lowest BCUT2D eigenvalue weighted by Gasteiger charge is -2.03. The molecule has 2 atom stereocenters. The second-order valence-electron chi connectivity index (χ2n) is 4.92.